The van der Waals surface area contributed by atoms with E-state index in [0.717, 1.165) is 18.3 Å². The lowest BCUT2D eigenvalue weighted by Gasteiger charge is -2.14. The predicted molar refractivity (Wildman–Crippen MR) is 84.0 cm³/mol. The molecular formula is C16H8F7N3O3. The van der Waals surface area contributed by atoms with Crippen molar-refractivity contribution in [3.63, 3.8) is 0 Å². The molecule has 0 radical (unpaired) electrons. The minimum Gasteiger partial charge on any atom is -0.481 e. The number of rotatable bonds is 3. The lowest BCUT2D eigenvalue weighted by Crippen LogP contribution is -2.26. The highest BCUT2D eigenvalue weighted by Gasteiger charge is 2.38. The van der Waals surface area contributed by atoms with Gasteiger partial charge in [-0.3, -0.25) is 19.0 Å². The van der Waals surface area contributed by atoms with Gasteiger partial charge in [-0.15, -0.1) is 0 Å². The fourth-order valence-electron chi connectivity index (χ4n) is 2.45. The first-order valence-corrected chi connectivity index (χ1v) is 7.59. The molecule has 0 spiro atoms. The van der Waals surface area contributed by atoms with Gasteiger partial charge >= 0.3 is 12.4 Å². The molecule has 2 aromatic heterocycles. The molecule has 154 valence electrons. The molecule has 0 aliphatic heterocycles. The molecular weight excluding hydrogens is 415 g/mol. The third-order valence-corrected chi connectivity index (χ3v) is 3.61. The van der Waals surface area contributed by atoms with Crippen LogP contribution in [0.15, 0.2) is 40.1 Å². The molecule has 2 heterocycles. The van der Waals surface area contributed by atoms with Crippen molar-refractivity contribution < 1.29 is 35.5 Å². The molecule has 0 atom stereocenters. The summed E-state index contributed by atoms with van der Waals surface area (Å²) in [6, 6.07) is 2.75. The fourth-order valence-corrected chi connectivity index (χ4v) is 2.45. The van der Waals surface area contributed by atoms with Gasteiger partial charge < -0.3 is 4.74 Å². The number of hydrogen-bond acceptors (Lipinski definition) is 4. The monoisotopic (exact) mass is 423 g/mol. The SMILES string of the molecule is O=c1ccn2c(=O)c(-c3ccc(OCC(F)(F)F)c(F)c3)c(C(F)(F)F)nc2[nH]1. The van der Waals surface area contributed by atoms with Crippen LogP contribution < -0.4 is 15.9 Å². The summed E-state index contributed by atoms with van der Waals surface area (Å²) >= 11 is 0. The summed E-state index contributed by atoms with van der Waals surface area (Å²) < 4.78 is 95.8. The molecule has 0 bridgehead atoms. The van der Waals surface area contributed by atoms with Crippen molar-refractivity contribution >= 4 is 5.78 Å². The van der Waals surface area contributed by atoms with Gasteiger partial charge in [0, 0.05) is 12.3 Å². The molecule has 1 N–H and O–H groups in total. The topological polar surface area (TPSA) is 76.5 Å². The Morgan fingerprint density at radius 2 is 1.76 bits per heavy atom. The maximum atomic E-state index is 14.1. The van der Waals surface area contributed by atoms with E-state index in [-0.39, 0.29) is 0 Å². The molecule has 13 heteroatoms. The summed E-state index contributed by atoms with van der Waals surface area (Å²) in [7, 11) is 0. The van der Waals surface area contributed by atoms with E-state index in [4.69, 9.17) is 0 Å². The highest BCUT2D eigenvalue weighted by molar-refractivity contribution is 5.67. The zero-order valence-electron chi connectivity index (χ0n) is 13.9. The number of halogens is 7. The highest BCUT2D eigenvalue weighted by atomic mass is 19.4. The van der Waals surface area contributed by atoms with Crippen LogP contribution in [0.3, 0.4) is 0 Å². The van der Waals surface area contributed by atoms with E-state index in [9.17, 15) is 40.3 Å². The van der Waals surface area contributed by atoms with E-state index in [0.29, 0.717) is 16.5 Å². The van der Waals surface area contributed by atoms with Crippen LogP contribution in [0.5, 0.6) is 5.75 Å². The van der Waals surface area contributed by atoms with Gasteiger partial charge in [-0.05, 0) is 17.7 Å². The average molecular weight is 423 g/mol. The number of alkyl halides is 6. The van der Waals surface area contributed by atoms with E-state index in [2.05, 4.69) is 9.72 Å². The van der Waals surface area contributed by atoms with E-state index >= 15 is 0 Å². The number of H-pyrrole nitrogens is 1. The van der Waals surface area contributed by atoms with Gasteiger partial charge in [-0.1, -0.05) is 6.07 Å². The van der Waals surface area contributed by atoms with E-state index < -0.39 is 64.2 Å². The minimum atomic E-state index is -5.15. The quantitative estimate of drug-likeness (QED) is 0.657. The summed E-state index contributed by atoms with van der Waals surface area (Å²) in [5, 5.41) is 0. The summed E-state index contributed by atoms with van der Waals surface area (Å²) in [4.78, 5) is 29.1. The zero-order valence-corrected chi connectivity index (χ0v) is 13.9. The Hall–Kier alpha value is -3.38. The van der Waals surface area contributed by atoms with Crippen molar-refractivity contribution in [2.24, 2.45) is 0 Å². The van der Waals surface area contributed by atoms with Gasteiger partial charge in [0.15, 0.2) is 23.9 Å². The van der Waals surface area contributed by atoms with Crippen LogP contribution in [0.4, 0.5) is 30.7 Å². The Morgan fingerprint density at radius 3 is 2.34 bits per heavy atom. The van der Waals surface area contributed by atoms with Crippen LogP contribution in [0.25, 0.3) is 16.9 Å². The molecule has 0 fully saturated rings. The zero-order chi connectivity index (χ0) is 21.6. The third-order valence-electron chi connectivity index (χ3n) is 3.61. The Labute approximate surface area is 155 Å². The second-order valence-electron chi connectivity index (χ2n) is 5.69. The summed E-state index contributed by atoms with van der Waals surface area (Å²) in [5.41, 5.74) is -5.43. The van der Waals surface area contributed by atoms with Crippen molar-refractivity contribution in [1.29, 1.82) is 0 Å². The lowest BCUT2D eigenvalue weighted by molar-refractivity contribution is -0.153. The number of ether oxygens (including phenoxy) is 1. The second-order valence-corrected chi connectivity index (χ2v) is 5.69. The van der Waals surface area contributed by atoms with Gasteiger partial charge in [-0.2, -0.15) is 26.3 Å². The van der Waals surface area contributed by atoms with E-state index in [1.807, 2.05) is 4.98 Å². The van der Waals surface area contributed by atoms with Gasteiger partial charge in [0.25, 0.3) is 11.1 Å². The lowest BCUT2D eigenvalue weighted by atomic mass is 10.0. The van der Waals surface area contributed by atoms with Crippen molar-refractivity contribution in [3.05, 3.63) is 62.7 Å². The summed E-state index contributed by atoms with van der Waals surface area (Å²) in [6.07, 6.45) is -9.03. The number of aromatic amines is 1. The summed E-state index contributed by atoms with van der Waals surface area (Å²) in [5.74, 6) is -2.96. The first-order chi connectivity index (χ1) is 13.4. The molecule has 29 heavy (non-hydrogen) atoms. The fraction of sp³-hybridized carbons (Fsp3) is 0.188. The minimum absolute atomic E-state index is 0.428. The molecule has 0 unspecified atom stereocenters. The smallest absolute Gasteiger partial charge is 0.434 e. The molecule has 3 rings (SSSR count). The number of aromatic nitrogens is 3. The number of nitrogens with zero attached hydrogens (tertiary/aromatic N) is 2. The highest BCUT2D eigenvalue weighted by Crippen LogP contribution is 2.35. The van der Waals surface area contributed by atoms with Gasteiger partial charge in [-0.25, -0.2) is 9.37 Å². The standard InChI is InChI=1S/C16H8F7N3O3/c17-8-5-7(1-2-9(8)29-6-15(18,19)20)11-12(16(21,22)23)25-14-24-10(27)3-4-26(14)13(11)28/h1-5H,6H2,(H,24,25,27). The van der Waals surface area contributed by atoms with E-state index in [1.54, 1.807) is 0 Å². The van der Waals surface area contributed by atoms with Crippen molar-refractivity contribution in [2.45, 2.75) is 12.4 Å². The van der Waals surface area contributed by atoms with Gasteiger partial charge in [0.1, 0.15) is 0 Å². The molecule has 0 aliphatic carbocycles. The Morgan fingerprint density at radius 1 is 1.07 bits per heavy atom. The van der Waals surface area contributed by atoms with Crippen LogP contribution in [-0.2, 0) is 6.18 Å². The third kappa shape index (κ3) is 4.22. The largest absolute Gasteiger partial charge is 0.481 e. The number of nitrogens with one attached hydrogen (secondary N) is 1. The first-order valence-electron chi connectivity index (χ1n) is 7.59. The van der Waals surface area contributed by atoms with Crippen LogP contribution in [0, 0.1) is 5.82 Å². The number of benzene rings is 1. The molecule has 0 saturated carbocycles. The molecule has 3 aromatic rings. The van der Waals surface area contributed by atoms with Crippen molar-refractivity contribution in [1.82, 2.24) is 14.4 Å². The second kappa shape index (κ2) is 6.90. The number of fused-ring (bicyclic) bond motifs is 1. The Bertz CT molecular complexity index is 1200. The molecule has 0 amide bonds. The molecule has 0 aliphatic rings. The van der Waals surface area contributed by atoms with Gasteiger partial charge in [0.05, 0.1) is 5.56 Å². The van der Waals surface area contributed by atoms with Gasteiger partial charge in [0.2, 0.25) is 5.78 Å². The maximum Gasteiger partial charge on any atom is 0.434 e. The maximum absolute atomic E-state index is 14.1. The molecule has 6 nitrogen and oxygen atoms in total. The predicted octanol–water partition coefficient (Wildman–Crippen LogP) is 3.15. The summed E-state index contributed by atoms with van der Waals surface area (Å²) in [6.45, 7) is -1.81. The Balaban J connectivity index is 2.20. The van der Waals surface area contributed by atoms with Crippen LogP contribution in [-0.4, -0.2) is 27.2 Å². The van der Waals surface area contributed by atoms with E-state index in [1.165, 1.54) is 0 Å². The van der Waals surface area contributed by atoms with Crippen LogP contribution >= 0.6 is 0 Å². The molecule has 0 saturated heterocycles. The van der Waals surface area contributed by atoms with Crippen molar-refractivity contribution in [2.75, 3.05) is 6.61 Å². The average Bonchev–Trinajstić information content (AvgIpc) is 2.58. The molecule has 1 aromatic carbocycles. The van der Waals surface area contributed by atoms with Crippen LogP contribution in [0.1, 0.15) is 5.69 Å². The normalized spacial score (nSPS) is 12.4. The van der Waals surface area contributed by atoms with Crippen molar-refractivity contribution in [3.8, 4) is 16.9 Å². The Kier molecular flexibility index (Phi) is 4.84. The first kappa shape index (κ1) is 20.4. The number of hydrogen-bond donors (Lipinski definition) is 1. The van der Waals surface area contributed by atoms with Crippen LogP contribution in [0.2, 0.25) is 0 Å².